The zero-order chi connectivity index (χ0) is 24.5. The molecule has 0 spiro atoms. The smallest absolute Gasteiger partial charge is 0.195 e. The van der Waals surface area contributed by atoms with Crippen LogP contribution in [0.3, 0.4) is 0 Å². The summed E-state index contributed by atoms with van der Waals surface area (Å²) in [5.41, 5.74) is 1.80. The van der Waals surface area contributed by atoms with Crippen LogP contribution in [0.1, 0.15) is 15.9 Å². The number of aromatic hydroxyl groups is 4. The molecule has 7 nitrogen and oxygen atoms in total. The van der Waals surface area contributed by atoms with Crippen LogP contribution in [0.15, 0.2) is 78.9 Å². The van der Waals surface area contributed by atoms with Gasteiger partial charge in [0, 0.05) is 38.2 Å². The number of hydrogen-bond acceptors (Lipinski definition) is 7. The number of aromatic nitrogens is 1. The quantitative estimate of drug-likeness (QED) is 0.226. The summed E-state index contributed by atoms with van der Waals surface area (Å²) in [7, 11) is 0. The van der Waals surface area contributed by atoms with E-state index in [-0.39, 0.29) is 42.2 Å². The van der Waals surface area contributed by atoms with Crippen LogP contribution in [0.5, 0.6) is 29.0 Å². The minimum Gasteiger partial charge on any atom is -0.508 e. The topological polar surface area (TPSA) is 112 Å². The van der Waals surface area contributed by atoms with Gasteiger partial charge in [-0.3, -0.25) is 9.36 Å². The van der Waals surface area contributed by atoms with Crippen LogP contribution in [0.2, 0.25) is 0 Å². The number of benzene rings is 3. The van der Waals surface area contributed by atoms with Gasteiger partial charge in [0.2, 0.25) is 0 Å². The SMILES string of the molecule is O=C(c1ccc(OCCn2c(O)ccc2O)cc1)c1c(-c2ccc(O)cc2)sc2cc(O)ccc12. The maximum Gasteiger partial charge on any atom is 0.195 e. The van der Waals surface area contributed by atoms with Crippen LogP contribution in [0.4, 0.5) is 0 Å². The van der Waals surface area contributed by atoms with Crippen LogP contribution < -0.4 is 4.74 Å². The second-order valence-electron chi connectivity index (χ2n) is 7.94. The molecular weight excluding hydrogens is 466 g/mol. The predicted molar refractivity (Wildman–Crippen MR) is 134 cm³/mol. The molecule has 0 aliphatic heterocycles. The van der Waals surface area contributed by atoms with Crippen LogP contribution in [-0.2, 0) is 6.54 Å². The second kappa shape index (κ2) is 9.08. The van der Waals surface area contributed by atoms with Gasteiger partial charge >= 0.3 is 0 Å². The molecule has 0 saturated heterocycles. The van der Waals surface area contributed by atoms with Crippen LogP contribution in [0, 0.1) is 0 Å². The largest absolute Gasteiger partial charge is 0.508 e. The fourth-order valence-electron chi connectivity index (χ4n) is 3.90. The number of ketones is 1. The highest BCUT2D eigenvalue weighted by Crippen LogP contribution is 2.41. The molecule has 2 heterocycles. The number of fused-ring (bicyclic) bond motifs is 1. The minimum atomic E-state index is -0.168. The zero-order valence-corrected chi connectivity index (χ0v) is 19.2. The summed E-state index contributed by atoms with van der Waals surface area (Å²) in [6, 6.07) is 21.2. The average Bonchev–Trinajstić information content (AvgIpc) is 3.39. The lowest BCUT2D eigenvalue weighted by Gasteiger charge is -2.10. The van der Waals surface area contributed by atoms with Gasteiger partial charge < -0.3 is 25.2 Å². The van der Waals surface area contributed by atoms with Crippen molar-refractivity contribution in [3.63, 3.8) is 0 Å². The number of nitrogens with zero attached hydrogens (tertiary/aromatic N) is 1. The first-order valence-corrected chi connectivity index (χ1v) is 11.6. The Morgan fingerprint density at radius 1 is 0.800 bits per heavy atom. The van der Waals surface area contributed by atoms with E-state index >= 15 is 0 Å². The molecule has 5 rings (SSSR count). The van der Waals surface area contributed by atoms with Gasteiger partial charge in [-0.15, -0.1) is 11.3 Å². The Morgan fingerprint density at radius 3 is 2.14 bits per heavy atom. The number of carbonyl (C=O) groups is 1. The summed E-state index contributed by atoms with van der Waals surface area (Å²) in [6.45, 7) is 0.474. The third-order valence-electron chi connectivity index (χ3n) is 5.66. The lowest BCUT2D eigenvalue weighted by Crippen LogP contribution is -2.07. The number of ether oxygens (including phenoxy) is 1. The van der Waals surface area contributed by atoms with E-state index in [4.69, 9.17) is 4.74 Å². The van der Waals surface area contributed by atoms with E-state index < -0.39 is 0 Å². The van der Waals surface area contributed by atoms with Crippen molar-refractivity contribution >= 4 is 27.2 Å². The Morgan fingerprint density at radius 2 is 1.46 bits per heavy atom. The third-order valence-corrected chi connectivity index (χ3v) is 6.87. The van der Waals surface area contributed by atoms with Crippen molar-refractivity contribution < 1.29 is 30.0 Å². The summed E-state index contributed by atoms with van der Waals surface area (Å²) in [5, 5.41) is 39.8. The number of rotatable bonds is 7. The van der Waals surface area contributed by atoms with Crippen molar-refractivity contribution in [2.75, 3.05) is 6.61 Å². The maximum absolute atomic E-state index is 13.6. The molecule has 0 unspecified atom stereocenters. The van der Waals surface area contributed by atoms with Crippen LogP contribution in [0.25, 0.3) is 20.5 Å². The molecule has 0 radical (unpaired) electrons. The molecule has 0 saturated carbocycles. The van der Waals surface area contributed by atoms with E-state index in [2.05, 4.69) is 0 Å². The summed E-state index contributed by atoms with van der Waals surface area (Å²) in [6.07, 6.45) is 0. The first kappa shape index (κ1) is 22.4. The Hall–Kier alpha value is -4.43. The number of carbonyl (C=O) groups excluding carboxylic acids is 1. The van der Waals surface area contributed by atoms with Gasteiger partial charge in [-0.2, -0.15) is 0 Å². The van der Waals surface area contributed by atoms with Gasteiger partial charge in [0.05, 0.1) is 6.54 Å². The fraction of sp³-hybridized carbons (Fsp3) is 0.0741. The van der Waals surface area contributed by atoms with Crippen LogP contribution in [-0.4, -0.2) is 37.4 Å². The molecule has 0 aliphatic rings. The maximum atomic E-state index is 13.6. The third kappa shape index (κ3) is 4.39. The van der Waals surface area contributed by atoms with E-state index in [0.717, 1.165) is 20.5 Å². The number of phenols is 2. The Balaban J connectivity index is 1.41. The normalized spacial score (nSPS) is 11.1. The van der Waals surface area contributed by atoms with Gasteiger partial charge in [-0.05, 0) is 72.3 Å². The Labute approximate surface area is 204 Å². The van der Waals surface area contributed by atoms with Gasteiger partial charge in [-0.1, -0.05) is 0 Å². The summed E-state index contributed by atoms with van der Waals surface area (Å²) < 4.78 is 7.81. The molecule has 0 bridgehead atoms. The monoisotopic (exact) mass is 487 g/mol. The molecule has 8 heteroatoms. The Bertz CT molecular complexity index is 1500. The van der Waals surface area contributed by atoms with E-state index in [1.807, 2.05) is 0 Å². The fourth-order valence-corrected chi connectivity index (χ4v) is 5.14. The standard InChI is InChI=1S/C27H21NO6S/c29-18-5-1-17(2-6-18)27-25(21-10-7-19(30)15-22(21)35-27)26(33)16-3-8-20(9-4-16)34-14-13-28-23(31)11-12-24(28)32/h1-12,15,29-32H,13-14H2. The Kier molecular flexibility index (Phi) is 5.80. The lowest BCUT2D eigenvalue weighted by atomic mass is 9.97. The summed E-state index contributed by atoms with van der Waals surface area (Å²) in [5.74, 6) is 0.544. The minimum absolute atomic E-state index is 0.0483. The van der Waals surface area contributed by atoms with Gasteiger partial charge in [-0.25, -0.2) is 0 Å². The number of thiophene rings is 1. The van der Waals surface area contributed by atoms with Crippen molar-refractivity contribution in [2.24, 2.45) is 0 Å². The first-order valence-electron chi connectivity index (χ1n) is 10.8. The molecule has 0 atom stereocenters. The highest BCUT2D eigenvalue weighted by Gasteiger charge is 2.22. The number of hydrogen-bond donors (Lipinski definition) is 4. The van der Waals surface area contributed by atoms with Crippen molar-refractivity contribution in [3.8, 4) is 39.4 Å². The molecule has 5 aromatic rings. The van der Waals surface area contributed by atoms with Gasteiger partial charge in [0.25, 0.3) is 0 Å². The molecule has 0 aliphatic carbocycles. The van der Waals surface area contributed by atoms with E-state index in [1.54, 1.807) is 66.7 Å². The van der Waals surface area contributed by atoms with E-state index in [9.17, 15) is 25.2 Å². The van der Waals surface area contributed by atoms with E-state index in [1.165, 1.54) is 28.0 Å². The van der Waals surface area contributed by atoms with Crippen molar-refractivity contribution in [3.05, 3.63) is 90.0 Å². The second-order valence-corrected chi connectivity index (χ2v) is 8.99. The molecular formula is C27H21NO6S. The van der Waals surface area contributed by atoms with Gasteiger partial charge in [0.15, 0.2) is 17.5 Å². The summed E-state index contributed by atoms with van der Waals surface area (Å²) in [4.78, 5) is 14.4. The molecule has 4 N–H and O–H groups in total. The number of phenolic OH excluding ortho intramolecular Hbond substituents is 2. The predicted octanol–water partition coefficient (Wildman–Crippen LogP) is 5.50. The van der Waals surface area contributed by atoms with Crippen molar-refractivity contribution in [1.82, 2.24) is 4.57 Å². The molecule has 3 aromatic carbocycles. The molecule has 35 heavy (non-hydrogen) atoms. The van der Waals surface area contributed by atoms with Crippen LogP contribution >= 0.6 is 11.3 Å². The highest BCUT2D eigenvalue weighted by molar-refractivity contribution is 7.22. The van der Waals surface area contributed by atoms with E-state index in [0.29, 0.717) is 16.9 Å². The molecule has 0 fully saturated rings. The molecule has 2 aromatic heterocycles. The lowest BCUT2D eigenvalue weighted by molar-refractivity contribution is 0.104. The highest BCUT2D eigenvalue weighted by atomic mass is 32.1. The zero-order valence-electron chi connectivity index (χ0n) is 18.4. The first-order chi connectivity index (χ1) is 16.9. The average molecular weight is 488 g/mol. The van der Waals surface area contributed by atoms with Crippen molar-refractivity contribution in [1.29, 1.82) is 0 Å². The summed E-state index contributed by atoms with van der Waals surface area (Å²) >= 11 is 1.40. The molecule has 0 amide bonds. The van der Waals surface area contributed by atoms with Gasteiger partial charge in [0.1, 0.15) is 23.9 Å². The molecule has 176 valence electrons. The van der Waals surface area contributed by atoms with Crippen molar-refractivity contribution in [2.45, 2.75) is 6.54 Å².